The third kappa shape index (κ3) is 32.4. The summed E-state index contributed by atoms with van der Waals surface area (Å²) in [4.78, 5) is 59.9. The molecule has 4 aromatic rings. The summed E-state index contributed by atoms with van der Waals surface area (Å²) in [5.41, 5.74) is 7.52. The molecule has 3 aromatic carbocycles. The number of aliphatic hydroxyl groups is 1. The molecule has 21 heteroatoms. The lowest BCUT2D eigenvalue weighted by Gasteiger charge is -2.28. The van der Waals surface area contributed by atoms with Gasteiger partial charge in [-0.05, 0) is 113 Å². The Bertz CT molecular complexity index is 2670. The van der Waals surface area contributed by atoms with E-state index in [-0.39, 0.29) is 41.3 Å². The minimum Gasteiger partial charge on any atom is -0.400 e. The highest BCUT2D eigenvalue weighted by Crippen LogP contribution is 2.33. The smallest absolute Gasteiger partial charge is 0.251 e. The number of carbonyl (C=O) groups is 4. The molecule has 0 bridgehead atoms. The van der Waals surface area contributed by atoms with Crippen molar-refractivity contribution in [2.75, 3.05) is 65.2 Å². The van der Waals surface area contributed by atoms with Gasteiger partial charge < -0.3 is 50.8 Å². The average Bonchev–Trinajstić information content (AvgIpc) is 4.05. The van der Waals surface area contributed by atoms with Gasteiger partial charge in [0.05, 0.1) is 44.2 Å². The lowest BCUT2D eigenvalue weighted by Crippen LogP contribution is -2.41. The molecular weight excluding hydrogens is 1100 g/mol. The summed E-state index contributed by atoms with van der Waals surface area (Å²) in [5.74, 6) is -1.30. The first kappa shape index (κ1) is 73.9. The van der Waals surface area contributed by atoms with E-state index in [0.29, 0.717) is 111 Å². The summed E-state index contributed by atoms with van der Waals surface area (Å²) >= 11 is 10.6. The molecule has 6 N–H and O–H groups in total. The van der Waals surface area contributed by atoms with Crippen molar-refractivity contribution in [3.05, 3.63) is 149 Å². The topological polar surface area (TPSA) is 218 Å². The van der Waals surface area contributed by atoms with Crippen LogP contribution in [0.25, 0.3) is 17.1 Å². The number of likely N-dealkylation sites (tertiary alicyclic amines) is 1. The number of hydrogen-bond acceptors (Lipinski definition) is 13. The molecule has 1 aliphatic heterocycles. The number of thiocarbonyl (C=S) groups is 1. The van der Waals surface area contributed by atoms with E-state index < -0.39 is 11.7 Å². The van der Waals surface area contributed by atoms with Crippen LogP contribution < -0.4 is 26.6 Å². The first-order valence-corrected chi connectivity index (χ1v) is 28.0. The van der Waals surface area contributed by atoms with Gasteiger partial charge in [0.15, 0.2) is 0 Å². The number of ether oxygens (including phenoxy) is 3. The molecule has 0 aliphatic carbocycles. The molecule has 5 rings (SSSR count). The van der Waals surface area contributed by atoms with Gasteiger partial charge in [-0.15, -0.1) is 0 Å². The molecule has 1 saturated heterocycles. The number of aliphatic hydroxyl groups excluding tert-OH is 1. The van der Waals surface area contributed by atoms with Crippen molar-refractivity contribution in [3.8, 4) is 11.3 Å². The van der Waals surface area contributed by atoms with Crippen LogP contribution in [0.3, 0.4) is 0 Å². The van der Waals surface area contributed by atoms with E-state index in [1.807, 2.05) is 62.9 Å². The maximum atomic E-state index is 14.5. The van der Waals surface area contributed by atoms with Crippen LogP contribution in [0.4, 0.5) is 20.4 Å². The van der Waals surface area contributed by atoms with Crippen molar-refractivity contribution in [2.24, 2.45) is 10.4 Å². The third-order valence-electron chi connectivity index (χ3n) is 12.2. The lowest BCUT2D eigenvalue weighted by molar-refractivity contribution is -0.123. The second-order valence-electron chi connectivity index (χ2n) is 19.5. The van der Waals surface area contributed by atoms with Crippen molar-refractivity contribution in [2.45, 2.75) is 106 Å². The standard InChI is InChI=1S/C41H51ClF2N6O5.C9H11NO.C6H11NO.C5H9NS.CH4O/c1-7-33(44)15-17-45-26-31-27-47-40(50-38(31)35-14-11-32(42)25-36(35)28(2)43)49-34-12-9-30(10-13-34)39(52)46-18-22-55-24-23-54-20-8-19-53-21-16-37(51)48-29(3)41(4,5)6;1-8-2-4-9(5-3-8)6-10-7-11;1-6-3-2-4-7(6)5-8;1-3-5(2)6-4-7;1-2/h7,9-15,17,25,27,29H,1-2,8,16,18-24,26H2,3-6H3,(H,46,52)(H,48,51)(H,47,49,50);2-5,7H,6H2,1H3,(H,10,11);5-6H,2-4H2,1H3;3-4H,1-2H3,(H,6,7);2H,1H3/b33-15-,45-17?;;;5-3-;. The zero-order valence-corrected chi connectivity index (χ0v) is 51.1. The van der Waals surface area contributed by atoms with Gasteiger partial charge >= 0.3 is 0 Å². The maximum Gasteiger partial charge on any atom is 0.251 e. The SMILES string of the molecule is C/C=C(/C)NC=S.C=C/C(F)=C/C=NCc1cnc(Nc2ccc(C(=O)NCCOCCOCCCOCCC(=O)NC(C)C(C)(C)C)cc2)nc1-c1ccc(Cl)cc1C(=C)F.CC1CCCN1C=O.CO.Cc1ccc(CNC=O)cc1. The second kappa shape index (κ2) is 43.6. The summed E-state index contributed by atoms with van der Waals surface area (Å²) in [6.07, 6.45) is 12.1. The Hall–Kier alpha value is -7.07. The minimum absolute atomic E-state index is 0.00894. The molecule has 454 valence electrons. The van der Waals surface area contributed by atoms with Gasteiger partial charge in [0, 0.05) is 110 Å². The number of carbonyl (C=O) groups excluding carboxylic acids is 4. The molecule has 0 radical (unpaired) electrons. The fourth-order valence-electron chi connectivity index (χ4n) is 6.82. The average molecular weight is 1190 g/mol. The molecule has 2 unspecified atom stereocenters. The number of hydrogen-bond donors (Lipinski definition) is 6. The van der Waals surface area contributed by atoms with Gasteiger partial charge in [0.25, 0.3) is 5.91 Å². The van der Waals surface area contributed by atoms with Crippen molar-refractivity contribution in [3.63, 3.8) is 0 Å². The molecular formula is C62H86ClF2N9O8S. The zero-order chi connectivity index (χ0) is 62.0. The highest BCUT2D eigenvalue weighted by Gasteiger charge is 2.22. The van der Waals surface area contributed by atoms with E-state index in [4.69, 9.17) is 30.9 Å². The summed E-state index contributed by atoms with van der Waals surface area (Å²) < 4.78 is 44.6. The monoisotopic (exact) mass is 1190 g/mol. The van der Waals surface area contributed by atoms with Gasteiger partial charge in [0.1, 0.15) is 11.7 Å². The number of nitrogens with one attached hydrogen (secondary N) is 5. The van der Waals surface area contributed by atoms with Gasteiger partial charge in [-0.2, -0.15) is 0 Å². The maximum absolute atomic E-state index is 14.5. The Kier molecular flexibility index (Phi) is 38.8. The lowest BCUT2D eigenvalue weighted by atomic mass is 9.88. The van der Waals surface area contributed by atoms with Crippen LogP contribution in [0.2, 0.25) is 5.02 Å². The Balaban J connectivity index is 0.000000990. The Morgan fingerprint density at radius 2 is 1.65 bits per heavy atom. The van der Waals surface area contributed by atoms with E-state index in [9.17, 15) is 28.0 Å². The summed E-state index contributed by atoms with van der Waals surface area (Å²) in [6.45, 7) is 27.6. The molecule has 1 aliphatic rings. The van der Waals surface area contributed by atoms with Crippen molar-refractivity contribution in [1.29, 1.82) is 0 Å². The number of aryl methyl sites for hydroxylation is 1. The largest absolute Gasteiger partial charge is 0.400 e. The molecule has 2 atom stereocenters. The number of nitrogens with zero attached hydrogens (tertiary/aromatic N) is 4. The second-order valence-corrected chi connectivity index (χ2v) is 20.2. The van der Waals surface area contributed by atoms with E-state index >= 15 is 0 Å². The molecule has 17 nitrogen and oxygen atoms in total. The van der Waals surface area contributed by atoms with Crippen LogP contribution in [-0.4, -0.2) is 128 Å². The number of benzene rings is 3. The number of anilines is 2. The third-order valence-corrected chi connectivity index (χ3v) is 12.5. The van der Waals surface area contributed by atoms with E-state index in [0.717, 1.165) is 37.4 Å². The van der Waals surface area contributed by atoms with Crippen LogP contribution >= 0.6 is 23.8 Å². The number of rotatable bonds is 29. The summed E-state index contributed by atoms with van der Waals surface area (Å²) in [7, 11) is 1.00. The predicted octanol–water partition coefficient (Wildman–Crippen LogP) is 11.1. The Labute approximate surface area is 500 Å². The van der Waals surface area contributed by atoms with Crippen LogP contribution in [0.1, 0.15) is 107 Å². The molecule has 83 heavy (non-hydrogen) atoms. The Morgan fingerprint density at radius 3 is 2.20 bits per heavy atom. The fraction of sp³-hybridized carbons (Fsp3) is 0.419. The molecule has 1 fully saturated rings. The number of halogens is 3. The van der Waals surface area contributed by atoms with Gasteiger partial charge in [-0.1, -0.05) is 99.7 Å². The molecule has 0 spiro atoms. The summed E-state index contributed by atoms with van der Waals surface area (Å²) in [5, 5.41) is 21.7. The van der Waals surface area contributed by atoms with Crippen molar-refractivity contribution >= 4 is 77.6 Å². The van der Waals surface area contributed by atoms with E-state index in [1.54, 1.807) is 42.6 Å². The number of aliphatic imine (C=N–C) groups is 1. The number of aromatic nitrogens is 2. The van der Waals surface area contributed by atoms with Gasteiger partial charge in [-0.3, -0.25) is 24.2 Å². The molecule has 4 amide bonds. The first-order valence-electron chi connectivity index (χ1n) is 27.1. The quantitative estimate of drug-likeness (QED) is 0.00982. The first-order chi connectivity index (χ1) is 39.8. The highest BCUT2D eigenvalue weighted by molar-refractivity contribution is 7.78. The van der Waals surface area contributed by atoms with Crippen LogP contribution in [0.15, 0.2) is 121 Å². The van der Waals surface area contributed by atoms with Crippen molar-refractivity contribution < 1.29 is 47.3 Å². The molecule has 1 aromatic heterocycles. The van der Waals surface area contributed by atoms with Gasteiger partial charge in [0.2, 0.25) is 24.7 Å². The number of allylic oxidation sites excluding steroid dienone is 5. The van der Waals surface area contributed by atoms with Crippen LogP contribution in [0.5, 0.6) is 0 Å². The molecule has 0 saturated carbocycles. The summed E-state index contributed by atoms with van der Waals surface area (Å²) in [6, 6.07) is 20.1. The highest BCUT2D eigenvalue weighted by atomic mass is 35.5. The normalized spacial score (nSPS) is 13.2. The van der Waals surface area contributed by atoms with Gasteiger partial charge in [-0.25, -0.2) is 18.7 Å². The van der Waals surface area contributed by atoms with Crippen LogP contribution in [-0.2, 0) is 41.7 Å². The fourth-order valence-corrected chi connectivity index (χ4v) is 7.17. The predicted molar refractivity (Wildman–Crippen MR) is 335 cm³/mol. The van der Waals surface area contributed by atoms with Crippen LogP contribution in [0, 0.1) is 12.3 Å². The number of amides is 4. The zero-order valence-electron chi connectivity index (χ0n) is 49.6. The minimum atomic E-state index is -0.694. The molecule has 2 heterocycles. The van der Waals surface area contributed by atoms with Crippen molar-refractivity contribution in [1.82, 2.24) is 36.1 Å². The van der Waals surface area contributed by atoms with E-state index in [2.05, 4.69) is 94.6 Å². The Morgan fingerprint density at radius 1 is 0.988 bits per heavy atom. The van der Waals surface area contributed by atoms with E-state index in [1.165, 1.54) is 42.3 Å².